The lowest BCUT2D eigenvalue weighted by molar-refractivity contribution is -0.144. The number of ether oxygens (including phenoxy) is 2. The van der Waals surface area contributed by atoms with Gasteiger partial charge in [0.1, 0.15) is 6.10 Å². The first kappa shape index (κ1) is 19.6. The van der Waals surface area contributed by atoms with Crippen molar-refractivity contribution in [3.63, 3.8) is 0 Å². The third kappa shape index (κ3) is 6.69. The molecule has 0 fully saturated rings. The van der Waals surface area contributed by atoms with Gasteiger partial charge in [-0.05, 0) is 44.8 Å². The Morgan fingerprint density at radius 1 is 1.35 bits per heavy atom. The molecule has 0 bridgehead atoms. The van der Waals surface area contributed by atoms with Crippen LogP contribution in [0.15, 0.2) is 36.0 Å². The molecule has 0 aromatic heterocycles. The zero-order valence-corrected chi connectivity index (χ0v) is 14.5. The molecule has 0 saturated carbocycles. The number of aliphatic hydroxyl groups excluding tert-OH is 1. The van der Waals surface area contributed by atoms with E-state index in [1.807, 2.05) is 13.8 Å². The summed E-state index contributed by atoms with van der Waals surface area (Å²) in [6.45, 7) is 7.14. The third-order valence-corrected chi connectivity index (χ3v) is 4.04. The smallest absolute Gasteiger partial charge is 0.330 e. The second kappa shape index (κ2) is 8.43. The van der Waals surface area contributed by atoms with Crippen molar-refractivity contribution >= 4 is 5.97 Å². The number of cyclic esters (lactones) is 1. The highest BCUT2D eigenvalue weighted by atomic mass is 16.5. The van der Waals surface area contributed by atoms with Crippen molar-refractivity contribution < 1.29 is 24.5 Å². The summed E-state index contributed by atoms with van der Waals surface area (Å²) in [7, 11) is 1.56. The molecule has 1 heterocycles. The van der Waals surface area contributed by atoms with E-state index >= 15 is 0 Å². The Labute approximate surface area is 138 Å². The van der Waals surface area contributed by atoms with E-state index in [2.05, 4.69) is 0 Å². The summed E-state index contributed by atoms with van der Waals surface area (Å²) in [6.07, 6.45) is 6.72. The SMILES string of the molecule is CO[C@H]1/C=C/[C@@](C)(O)/C=C/C(=O)O[C@H](C)[C@@H](C)CC(O)/C=C/1C. The maximum Gasteiger partial charge on any atom is 0.330 e. The molecule has 5 nitrogen and oxygen atoms in total. The molecule has 1 unspecified atom stereocenters. The zero-order chi connectivity index (χ0) is 17.6. The van der Waals surface area contributed by atoms with Gasteiger partial charge in [-0.1, -0.05) is 25.2 Å². The van der Waals surface area contributed by atoms with Crippen LogP contribution in [0.2, 0.25) is 0 Å². The normalized spacial score (nSPS) is 42.0. The lowest BCUT2D eigenvalue weighted by Gasteiger charge is -2.23. The van der Waals surface area contributed by atoms with Crippen LogP contribution in [0.5, 0.6) is 0 Å². The number of aliphatic hydroxyl groups is 2. The first-order valence-electron chi connectivity index (χ1n) is 7.85. The van der Waals surface area contributed by atoms with Crippen LogP contribution < -0.4 is 0 Å². The number of rotatable bonds is 1. The highest BCUT2D eigenvalue weighted by molar-refractivity contribution is 5.82. The molecule has 0 radical (unpaired) electrons. The van der Waals surface area contributed by atoms with Crippen molar-refractivity contribution in [3.8, 4) is 0 Å². The molecule has 1 aliphatic rings. The van der Waals surface area contributed by atoms with Gasteiger partial charge in [0.2, 0.25) is 0 Å². The van der Waals surface area contributed by atoms with E-state index in [0.29, 0.717) is 6.42 Å². The van der Waals surface area contributed by atoms with Crippen LogP contribution in [-0.4, -0.2) is 47.2 Å². The Kier molecular flexibility index (Phi) is 7.19. The standard InChI is InChI=1S/C18H28O5/c1-12-10-15(19)11-13(2)16(22-5)6-8-18(4,21)9-7-17(20)23-14(12)3/h6-9,11-12,14-16,19,21H,10H2,1-5H3/b8-6+,9-7+,13-11+/t12-,14+,15?,16-,18+/m0/s1. The third-order valence-electron chi connectivity index (χ3n) is 4.04. The molecule has 2 N–H and O–H groups in total. The van der Waals surface area contributed by atoms with Gasteiger partial charge in [-0.25, -0.2) is 4.79 Å². The predicted molar refractivity (Wildman–Crippen MR) is 88.8 cm³/mol. The molecule has 5 heteroatoms. The first-order valence-corrected chi connectivity index (χ1v) is 7.85. The summed E-state index contributed by atoms with van der Waals surface area (Å²) < 4.78 is 10.7. The van der Waals surface area contributed by atoms with Crippen molar-refractivity contribution in [1.29, 1.82) is 0 Å². The van der Waals surface area contributed by atoms with Crippen LogP contribution in [-0.2, 0) is 14.3 Å². The fourth-order valence-electron chi connectivity index (χ4n) is 2.37. The fraction of sp³-hybridized carbons (Fsp3) is 0.611. The summed E-state index contributed by atoms with van der Waals surface area (Å²) in [5, 5.41) is 20.5. The Hall–Kier alpha value is -1.43. The number of hydrogen-bond acceptors (Lipinski definition) is 5. The van der Waals surface area contributed by atoms with Gasteiger partial charge < -0.3 is 19.7 Å². The molecular weight excluding hydrogens is 296 g/mol. The molecule has 0 spiro atoms. The molecular formula is C18H28O5. The first-order chi connectivity index (χ1) is 10.6. The quantitative estimate of drug-likeness (QED) is 0.571. The van der Waals surface area contributed by atoms with Crippen LogP contribution >= 0.6 is 0 Å². The van der Waals surface area contributed by atoms with Crippen LogP contribution in [0, 0.1) is 5.92 Å². The lowest BCUT2D eigenvalue weighted by atomic mass is 9.96. The molecule has 0 aliphatic carbocycles. The van der Waals surface area contributed by atoms with E-state index < -0.39 is 17.7 Å². The largest absolute Gasteiger partial charge is 0.459 e. The Morgan fingerprint density at radius 3 is 2.61 bits per heavy atom. The maximum absolute atomic E-state index is 11.8. The van der Waals surface area contributed by atoms with Crippen LogP contribution in [0.3, 0.4) is 0 Å². The van der Waals surface area contributed by atoms with Crippen molar-refractivity contribution in [1.82, 2.24) is 0 Å². The fourth-order valence-corrected chi connectivity index (χ4v) is 2.37. The molecule has 1 rings (SSSR count). The van der Waals surface area contributed by atoms with Gasteiger partial charge in [-0.3, -0.25) is 0 Å². The average molecular weight is 324 g/mol. The molecule has 0 saturated heterocycles. The monoisotopic (exact) mass is 324 g/mol. The number of carbonyl (C=O) groups is 1. The number of carbonyl (C=O) groups excluding carboxylic acids is 1. The van der Waals surface area contributed by atoms with Crippen LogP contribution in [0.1, 0.15) is 34.1 Å². The van der Waals surface area contributed by atoms with E-state index in [1.54, 1.807) is 39.2 Å². The van der Waals surface area contributed by atoms with Crippen molar-refractivity contribution in [2.75, 3.05) is 7.11 Å². The number of esters is 1. The Balaban J connectivity index is 3.14. The van der Waals surface area contributed by atoms with E-state index in [-0.39, 0.29) is 18.1 Å². The maximum atomic E-state index is 11.8. The van der Waals surface area contributed by atoms with Gasteiger partial charge in [0.15, 0.2) is 0 Å². The van der Waals surface area contributed by atoms with Gasteiger partial charge in [0, 0.05) is 13.2 Å². The summed E-state index contributed by atoms with van der Waals surface area (Å²) in [4.78, 5) is 11.8. The van der Waals surface area contributed by atoms with Gasteiger partial charge in [0.25, 0.3) is 0 Å². The topological polar surface area (TPSA) is 76.0 Å². The van der Waals surface area contributed by atoms with Gasteiger partial charge >= 0.3 is 5.97 Å². The molecule has 0 aromatic rings. The summed E-state index contributed by atoms with van der Waals surface area (Å²) in [5.41, 5.74) is -0.446. The van der Waals surface area contributed by atoms with Crippen LogP contribution in [0.4, 0.5) is 0 Å². The zero-order valence-electron chi connectivity index (χ0n) is 14.5. The van der Waals surface area contributed by atoms with Gasteiger partial charge in [-0.15, -0.1) is 0 Å². The molecule has 1 aliphatic heterocycles. The van der Waals surface area contributed by atoms with E-state index in [4.69, 9.17) is 9.47 Å². The lowest BCUT2D eigenvalue weighted by Crippen LogP contribution is -2.26. The number of methoxy groups -OCH3 is 1. The van der Waals surface area contributed by atoms with Crippen molar-refractivity contribution in [2.45, 2.75) is 58.0 Å². The minimum Gasteiger partial charge on any atom is -0.459 e. The second-order valence-corrected chi connectivity index (χ2v) is 6.41. The Morgan fingerprint density at radius 2 is 2.00 bits per heavy atom. The molecule has 23 heavy (non-hydrogen) atoms. The minimum absolute atomic E-state index is 0.00797. The van der Waals surface area contributed by atoms with E-state index in [9.17, 15) is 15.0 Å². The second-order valence-electron chi connectivity index (χ2n) is 6.41. The van der Waals surface area contributed by atoms with Gasteiger partial charge in [-0.2, -0.15) is 0 Å². The Bertz CT molecular complexity index is 490. The molecule has 130 valence electrons. The van der Waals surface area contributed by atoms with Crippen LogP contribution in [0.25, 0.3) is 0 Å². The summed E-state index contributed by atoms with van der Waals surface area (Å²) in [6, 6.07) is 0. The average Bonchev–Trinajstić information content (AvgIpc) is 2.44. The van der Waals surface area contributed by atoms with Crippen molar-refractivity contribution in [3.05, 3.63) is 36.0 Å². The van der Waals surface area contributed by atoms with E-state index in [1.165, 1.54) is 12.2 Å². The molecule has 5 atom stereocenters. The molecule has 0 amide bonds. The minimum atomic E-state index is -1.30. The highest BCUT2D eigenvalue weighted by Crippen LogP contribution is 2.19. The predicted octanol–water partition coefficient (Wildman–Crippen LogP) is 2.14. The number of hydrogen-bond donors (Lipinski definition) is 2. The van der Waals surface area contributed by atoms with Crippen molar-refractivity contribution in [2.24, 2.45) is 5.92 Å². The van der Waals surface area contributed by atoms with E-state index in [0.717, 1.165) is 5.57 Å². The molecule has 0 aromatic carbocycles. The highest BCUT2D eigenvalue weighted by Gasteiger charge is 2.21. The summed E-state index contributed by atoms with van der Waals surface area (Å²) >= 11 is 0. The van der Waals surface area contributed by atoms with Gasteiger partial charge in [0.05, 0.1) is 17.8 Å². The summed E-state index contributed by atoms with van der Waals surface area (Å²) in [5.74, 6) is -0.522.